The summed E-state index contributed by atoms with van der Waals surface area (Å²) in [5, 5.41) is 10.0. The number of hydrogen-bond donors (Lipinski definition) is 1. The summed E-state index contributed by atoms with van der Waals surface area (Å²) in [6.07, 6.45) is 23.2. The van der Waals surface area contributed by atoms with Crippen molar-refractivity contribution < 1.29 is 69.5 Å². The summed E-state index contributed by atoms with van der Waals surface area (Å²) in [6.45, 7) is 2.25. The molecule has 29 heavy (non-hydrogen) atoms. The molecule has 0 heterocycles. The van der Waals surface area contributed by atoms with Crippen LogP contribution < -0.4 is 51.4 Å². The zero-order valence-electron chi connectivity index (χ0n) is 19.5. The molecule has 4 nitrogen and oxygen atoms in total. The summed E-state index contributed by atoms with van der Waals surface area (Å²) in [6, 6.07) is 0. The summed E-state index contributed by atoms with van der Waals surface area (Å²) in [5.41, 5.74) is 0. The van der Waals surface area contributed by atoms with Crippen molar-refractivity contribution in [2.75, 3.05) is 5.75 Å². The molecule has 0 radical (unpaired) electrons. The molecule has 0 aromatic carbocycles. The van der Waals surface area contributed by atoms with E-state index in [1.165, 1.54) is 83.5 Å². The summed E-state index contributed by atoms with van der Waals surface area (Å²) in [5.74, 6) is -0.208. The van der Waals surface area contributed by atoms with E-state index in [1.54, 1.807) is 0 Å². The monoisotopic (exact) mass is 458 g/mol. The molecule has 0 aliphatic rings. The molecule has 0 fully saturated rings. The Morgan fingerprint density at radius 1 is 0.621 bits per heavy atom. The summed E-state index contributed by atoms with van der Waals surface area (Å²) < 4.78 is 31.4. The minimum atomic E-state index is -4.02. The average molecular weight is 459 g/mol. The largest absolute Gasteiger partial charge is 1.00 e. The van der Waals surface area contributed by atoms with Gasteiger partial charge in [-0.05, 0) is 19.3 Å². The van der Waals surface area contributed by atoms with Gasteiger partial charge in [-0.2, -0.15) is 0 Å². The smallest absolute Gasteiger partial charge is 0.748 e. The number of rotatable bonds is 22. The minimum absolute atomic E-state index is 0. The van der Waals surface area contributed by atoms with Gasteiger partial charge in [-0.3, -0.25) is 0 Å². The minimum Gasteiger partial charge on any atom is -0.748 e. The molecular formula is C23H47KO4S. The van der Waals surface area contributed by atoms with Crippen LogP contribution in [-0.4, -0.2) is 29.9 Å². The van der Waals surface area contributed by atoms with Crippen LogP contribution in [0.1, 0.15) is 135 Å². The Kier molecular flexibility index (Phi) is 27.2. The van der Waals surface area contributed by atoms with Crippen molar-refractivity contribution in [3.8, 4) is 0 Å². The summed E-state index contributed by atoms with van der Waals surface area (Å²) in [4.78, 5) is 0. The van der Waals surface area contributed by atoms with E-state index in [-0.39, 0.29) is 63.2 Å². The van der Waals surface area contributed by atoms with Crippen LogP contribution >= 0.6 is 0 Å². The van der Waals surface area contributed by atoms with Crippen molar-refractivity contribution >= 4 is 10.1 Å². The van der Waals surface area contributed by atoms with Gasteiger partial charge in [0.1, 0.15) is 0 Å². The van der Waals surface area contributed by atoms with E-state index in [0.29, 0.717) is 6.42 Å². The number of aliphatic hydroxyl groups is 1. The predicted molar refractivity (Wildman–Crippen MR) is 119 cm³/mol. The molecule has 0 aromatic heterocycles. The Hall–Kier alpha value is 1.51. The average Bonchev–Trinajstić information content (AvgIpc) is 2.64. The maximum atomic E-state index is 10.5. The quantitative estimate of drug-likeness (QED) is 0.152. The second-order valence-corrected chi connectivity index (χ2v) is 10.0. The van der Waals surface area contributed by atoms with E-state index in [9.17, 15) is 18.1 Å². The first-order valence-corrected chi connectivity index (χ1v) is 13.6. The van der Waals surface area contributed by atoms with Crippen molar-refractivity contribution in [2.24, 2.45) is 0 Å². The molecule has 0 aliphatic carbocycles. The van der Waals surface area contributed by atoms with E-state index < -0.39 is 10.1 Å². The first-order chi connectivity index (χ1) is 13.5. The SMILES string of the molecule is CCCCCCCCCC(O)CCCCCCCCCCCCCS(=O)(=O)[O-].[K+]. The maximum absolute atomic E-state index is 10.5. The maximum Gasteiger partial charge on any atom is 1.00 e. The molecular weight excluding hydrogens is 411 g/mol. The Morgan fingerprint density at radius 3 is 1.28 bits per heavy atom. The Labute approximate surface area is 224 Å². The van der Waals surface area contributed by atoms with E-state index >= 15 is 0 Å². The zero-order valence-corrected chi connectivity index (χ0v) is 23.4. The van der Waals surface area contributed by atoms with Crippen LogP contribution in [-0.2, 0) is 10.1 Å². The fourth-order valence-electron chi connectivity index (χ4n) is 3.73. The standard InChI is InChI=1S/C23H48O4S.K/c1-2-3-4-5-11-14-17-20-23(24)21-18-15-12-9-7-6-8-10-13-16-19-22-28(25,26)27;/h23-24H,2-22H2,1H3,(H,25,26,27);/q;+1/p-1. The zero-order chi connectivity index (χ0) is 20.9. The van der Waals surface area contributed by atoms with E-state index in [2.05, 4.69) is 6.92 Å². The third-order valence-electron chi connectivity index (χ3n) is 5.57. The Bertz CT molecular complexity index is 415. The van der Waals surface area contributed by atoms with Crippen LogP contribution in [0.5, 0.6) is 0 Å². The van der Waals surface area contributed by atoms with Crippen molar-refractivity contribution in [3.05, 3.63) is 0 Å². The van der Waals surface area contributed by atoms with Gasteiger partial charge in [0, 0.05) is 5.75 Å². The van der Waals surface area contributed by atoms with E-state index in [4.69, 9.17) is 0 Å². The molecule has 0 amide bonds. The van der Waals surface area contributed by atoms with Crippen LogP contribution in [0, 0.1) is 0 Å². The van der Waals surface area contributed by atoms with Gasteiger partial charge in [0.2, 0.25) is 0 Å². The van der Waals surface area contributed by atoms with Gasteiger partial charge >= 0.3 is 51.4 Å². The molecule has 0 bridgehead atoms. The van der Waals surface area contributed by atoms with Gasteiger partial charge in [-0.25, -0.2) is 8.42 Å². The van der Waals surface area contributed by atoms with Crippen LogP contribution in [0.4, 0.5) is 0 Å². The van der Waals surface area contributed by atoms with Crippen molar-refractivity contribution in [3.63, 3.8) is 0 Å². The first kappa shape index (κ1) is 32.7. The molecule has 0 saturated carbocycles. The third kappa shape index (κ3) is 29.5. The number of hydrogen-bond acceptors (Lipinski definition) is 4. The topological polar surface area (TPSA) is 77.4 Å². The Morgan fingerprint density at radius 2 is 0.931 bits per heavy atom. The molecule has 1 N–H and O–H groups in total. The van der Waals surface area contributed by atoms with Crippen LogP contribution in [0.3, 0.4) is 0 Å². The van der Waals surface area contributed by atoms with Crippen molar-refractivity contribution in [1.82, 2.24) is 0 Å². The molecule has 6 heteroatoms. The molecule has 0 rings (SSSR count). The second kappa shape index (κ2) is 24.2. The molecule has 1 unspecified atom stereocenters. The van der Waals surface area contributed by atoms with Crippen LogP contribution in [0.2, 0.25) is 0 Å². The summed E-state index contributed by atoms with van der Waals surface area (Å²) in [7, 11) is -4.02. The van der Waals surface area contributed by atoms with Crippen molar-refractivity contribution in [1.29, 1.82) is 0 Å². The summed E-state index contributed by atoms with van der Waals surface area (Å²) >= 11 is 0. The fourth-order valence-corrected chi connectivity index (χ4v) is 4.29. The molecule has 0 aliphatic heterocycles. The molecule has 170 valence electrons. The Balaban J connectivity index is 0. The van der Waals surface area contributed by atoms with E-state index in [0.717, 1.165) is 38.5 Å². The molecule has 0 aromatic rings. The first-order valence-electron chi connectivity index (χ1n) is 12.1. The molecule has 0 saturated heterocycles. The van der Waals surface area contributed by atoms with Gasteiger partial charge in [-0.15, -0.1) is 0 Å². The molecule has 1 atom stereocenters. The van der Waals surface area contributed by atoms with Gasteiger partial charge in [0.25, 0.3) is 0 Å². The van der Waals surface area contributed by atoms with Gasteiger partial charge in [-0.1, -0.05) is 116 Å². The van der Waals surface area contributed by atoms with Gasteiger partial charge in [0.15, 0.2) is 0 Å². The third-order valence-corrected chi connectivity index (χ3v) is 6.36. The fraction of sp³-hybridized carbons (Fsp3) is 1.00. The predicted octanol–water partition coefficient (Wildman–Crippen LogP) is 3.72. The van der Waals surface area contributed by atoms with Crippen LogP contribution in [0.25, 0.3) is 0 Å². The number of aliphatic hydroxyl groups excluding tert-OH is 1. The van der Waals surface area contributed by atoms with Gasteiger partial charge in [0.05, 0.1) is 16.2 Å². The van der Waals surface area contributed by atoms with Crippen molar-refractivity contribution in [2.45, 2.75) is 141 Å². The van der Waals surface area contributed by atoms with Crippen LogP contribution in [0.15, 0.2) is 0 Å². The second-order valence-electron chi connectivity index (χ2n) is 8.50. The van der Waals surface area contributed by atoms with Gasteiger partial charge < -0.3 is 9.66 Å². The number of unbranched alkanes of at least 4 members (excludes halogenated alkanes) is 16. The normalized spacial score (nSPS) is 12.7. The van der Waals surface area contributed by atoms with E-state index in [1.807, 2.05) is 0 Å². The molecule has 0 spiro atoms.